The number of amides is 5. The van der Waals surface area contributed by atoms with Crippen molar-refractivity contribution in [2.75, 3.05) is 25.9 Å². The highest BCUT2D eigenvalue weighted by atomic mass is 32.2. The molecule has 2 aliphatic carbocycles. The lowest BCUT2D eigenvalue weighted by Crippen LogP contribution is -2.62. The number of hydrogen-bond donors (Lipinski definition) is 5. The van der Waals surface area contributed by atoms with E-state index in [1.54, 1.807) is 20.8 Å². The van der Waals surface area contributed by atoms with Gasteiger partial charge >= 0.3 is 6.03 Å². The van der Waals surface area contributed by atoms with E-state index in [0.717, 1.165) is 19.1 Å². The summed E-state index contributed by atoms with van der Waals surface area (Å²) < 4.78 is 52.7. The molecule has 1 aliphatic heterocycles. The van der Waals surface area contributed by atoms with Crippen molar-refractivity contribution in [3.63, 3.8) is 0 Å². The van der Waals surface area contributed by atoms with Crippen LogP contribution in [0.15, 0.2) is 0 Å². The van der Waals surface area contributed by atoms with Gasteiger partial charge in [-0.25, -0.2) is 26.7 Å². The minimum atomic E-state index is -3.52. The standard InChI is InChI=1S/C30H52F2N6O6S/c1-28(2,3)19(14-34-45(9,43)44)36-27(42)37-23(29(4,5)6)26(41)38-15-17-21(30(17,7)8)22(38)25(40)35-18(12-20(31)32)24(39)33-13-16-10-11-16/h16-23,34H,10-15H2,1-9H3,(H,33,39)(H,35,40)(H2,36,37,42)/t17-,18-,19+,21-,22-,23+/m0/s1. The highest BCUT2D eigenvalue weighted by molar-refractivity contribution is 7.88. The average molecular weight is 663 g/mol. The Kier molecular flexibility index (Phi) is 10.9. The van der Waals surface area contributed by atoms with E-state index in [4.69, 9.17) is 0 Å². The number of urea groups is 1. The molecule has 0 unspecified atom stereocenters. The topological polar surface area (TPSA) is 166 Å². The van der Waals surface area contributed by atoms with Gasteiger partial charge in [0.25, 0.3) is 0 Å². The molecule has 6 atom stereocenters. The first-order valence-corrected chi connectivity index (χ1v) is 17.5. The van der Waals surface area contributed by atoms with Gasteiger partial charge in [-0.1, -0.05) is 55.4 Å². The van der Waals surface area contributed by atoms with Crippen LogP contribution in [0.2, 0.25) is 0 Å². The molecular weight excluding hydrogens is 610 g/mol. The molecule has 3 fully saturated rings. The van der Waals surface area contributed by atoms with E-state index in [9.17, 15) is 36.4 Å². The number of alkyl halides is 2. The van der Waals surface area contributed by atoms with Gasteiger partial charge in [0.2, 0.25) is 34.2 Å². The normalized spacial score (nSPS) is 24.7. The molecule has 5 amide bonds. The zero-order valence-electron chi connectivity index (χ0n) is 27.9. The molecule has 2 saturated carbocycles. The van der Waals surface area contributed by atoms with Crippen molar-refractivity contribution in [1.82, 2.24) is 30.9 Å². The number of piperidine rings is 1. The Bertz CT molecular complexity index is 1240. The quantitative estimate of drug-likeness (QED) is 0.202. The van der Waals surface area contributed by atoms with Crippen molar-refractivity contribution in [1.29, 1.82) is 0 Å². The molecule has 15 heteroatoms. The van der Waals surface area contributed by atoms with Crippen LogP contribution < -0.4 is 26.0 Å². The minimum absolute atomic E-state index is 0.0174. The highest BCUT2D eigenvalue weighted by Gasteiger charge is 2.70. The van der Waals surface area contributed by atoms with E-state index in [-0.39, 0.29) is 30.3 Å². The first-order valence-electron chi connectivity index (χ1n) is 15.6. The smallest absolute Gasteiger partial charge is 0.315 e. The van der Waals surface area contributed by atoms with E-state index >= 15 is 0 Å². The summed E-state index contributed by atoms with van der Waals surface area (Å²) in [6, 6.07) is -4.86. The van der Waals surface area contributed by atoms with Crippen LogP contribution >= 0.6 is 0 Å². The Labute approximate surface area is 266 Å². The van der Waals surface area contributed by atoms with Gasteiger partial charge in [-0.2, -0.15) is 0 Å². The summed E-state index contributed by atoms with van der Waals surface area (Å²) >= 11 is 0. The molecule has 45 heavy (non-hydrogen) atoms. The summed E-state index contributed by atoms with van der Waals surface area (Å²) in [4.78, 5) is 55.4. The third-order valence-electron chi connectivity index (χ3n) is 9.36. The second-order valence-electron chi connectivity index (χ2n) is 15.7. The lowest BCUT2D eigenvalue weighted by molar-refractivity contribution is -0.144. The second-order valence-corrected chi connectivity index (χ2v) is 17.6. The van der Waals surface area contributed by atoms with Crippen LogP contribution in [0.3, 0.4) is 0 Å². The van der Waals surface area contributed by atoms with E-state index in [2.05, 4.69) is 26.0 Å². The number of nitrogens with one attached hydrogen (secondary N) is 5. The van der Waals surface area contributed by atoms with Crippen LogP contribution in [0.25, 0.3) is 0 Å². The van der Waals surface area contributed by atoms with Crippen LogP contribution in [0, 0.1) is 34.0 Å². The largest absolute Gasteiger partial charge is 0.354 e. The maximum absolute atomic E-state index is 14.2. The number of halogens is 2. The van der Waals surface area contributed by atoms with Gasteiger partial charge in [-0.05, 0) is 46.8 Å². The summed E-state index contributed by atoms with van der Waals surface area (Å²) in [6.07, 6.45) is -0.745. The minimum Gasteiger partial charge on any atom is -0.354 e. The van der Waals surface area contributed by atoms with Crippen LogP contribution in [-0.2, 0) is 24.4 Å². The molecule has 3 aliphatic rings. The maximum Gasteiger partial charge on any atom is 0.315 e. The van der Waals surface area contributed by atoms with Gasteiger partial charge in [-0.15, -0.1) is 0 Å². The Hall–Kier alpha value is -2.55. The Morgan fingerprint density at radius 3 is 2.04 bits per heavy atom. The van der Waals surface area contributed by atoms with Crippen molar-refractivity contribution >= 4 is 33.8 Å². The second kappa shape index (κ2) is 13.3. The average Bonchev–Trinajstić information content (AvgIpc) is 3.73. The summed E-state index contributed by atoms with van der Waals surface area (Å²) in [5.74, 6) is -1.80. The predicted molar refractivity (Wildman–Crippen MR) is 166 cm³/mol. The molecule has 0 aromatic carbocycles. The van der Waals surface area contributed by atoms with Gasteiger partial charge in [0.05, 0.1) is 6.26 Å². The highest BCUT2D eigenvalue weighted by Crippen LogP contribution is 2.65. The number of fused-ring (bicyclic) bond motifs is 1. The zero-order valence-corrected chi connectivity index (χ0v) is 28.7. The number of nitrogens with zero attached hydrogens (tertiary/aromatic N) is 1. The first-order chi connectivity index (χ1) is 20.4. The Morgan fingerprint density at radius 2 is 1.56 bits per heavy atom. The molecule has 0 aromatic heterocycles. The van der Waals surface area contributed by atoms with E-state index in [0.29, 0.717) is 12.5 Å². The van der Waals surface area contributed by atoms with E-state index in [1.165, 1.54) is 4.90 Å². The lowest BCUT2D eigenvalue weighted by atomic mass is 9.85. The first kappa shape index (κ1) is 36.9. The Balaban J connectivity index is 1.79. The van der Waals surface area contributed by atoms with Crippen molar-refractivity contribution in [2.45, 2.75) is 105 Å². The number of rotatable bonds is 13. The molecule has 12 nitrogen and oxygen atoms in total. The summed E-state index contributed by atoms with van der Waals surface area (Å²) in [7, 11) is -3.52. The third-order valence-corrected chi connectivity index (χ3v) is 10.0. The molecule has 0 bridgehead atoms. The molecule has 0 aromatic rings. The summed E-state index contributed by atoms with van der Waals surface area (Å²) in [5, 5.41) is 10.7. The van der Waals surface area contributed by atoms with Crippen LogP contribution in [-0.4, -0.2) is 93.6 Å². The molecule has 3 rings (SSSR count). The van der Waals surface area contributed by atoms with Crippen LogP contribution in [0.1, 0.15) is 74.7 Å². The van der Waals surface area contributed by atoms with Crippen molar-refractivity contribution in [3.8, 4) is 0 Å². The van der Waals surface area contributed by atoms with Gasteiger partial charge in [0, 0.05) is 32.1 Å². The van der Waals surface area contributed by atoms with Crippen molar-refractivity contribution < 1.29 is 36.4 Å². The predicted octanol–water partition coefficient (Wildman–Crippen LogP) is 1.81. The number of carbonyl (C=O) groups excluding carboxylic acids is 4. The molecule has 0 spiro atoms. The van der Waals surface area contributed by atoms with Crippen molar-refractivity contribution in [3.05, 3.63) is 0 Å². The van der Waals surface area contributed by atoms with Crippen molar-refractivity contribution in [2.24, 2.45) is 34.0 Å². The lowest BCUT2D eigenvalue weighted by Gasteiger charge is -2.38. The molecule has 258 valence electrons. The van der Waals surface area contributed by atoms with Gasteiger partial charge < -0.3 is 26.2 Å². The van der Waals surface area contributed by atoms with Crippen LogP contribution in [0.5, 0.6) is 0 Å². The van der Waals surface area contributed by atoms with Crippen LogP contribution in [0.4, 0.5) is 13.6 Å². The monoisotopic (exact) mass is 662 g/mol. The maximum atomic E-state index is 14.2. The van der Waals surface area contributed by atoms with Gasteiger partial charge in [-0.3, -0.25) is 14.4 Å². The zero-order chi connectivity index (χ0) is 34.3. The molecule has 0 radical (unpaired) electrons. The fraction of sp³-hybridized carbons (Fsp3) is 0.867. The van der Waals surface area contributed by atoms with E-state index < -0.39 is 81.6 Å². The fourth-order valence-corrected chi connectivity index (χ4v) is 6.59. The number of carbonyl (C=O) groups is 4. The molecule has 1 heterocycles. The number of likely N-dealkylation sites (tertiary alicyclic amines) is 1. The Morgan fingerprint density at radius 1 is 0.956 bits per heavy atom. The molecule has 1 saturated heterocycles. The third kappa shape index (κ3) is 9.72. The summed E-state index contributed by atoms with van der Waals surface area (Å²) in [6.45, 7) is 15.3. The SMILES string of the molecule is CC(C)(C)[C@H](NC(=O)N[C@H](CNS(C)(=O)=O)C(C)(C)C)C(=O)N1C[C@H]2[C@@H]([C@H]1C(=O)N[C@@H](CC(F)F)C(=O)NCC1CC1)C2(C)C. The van der Waals surface area contributed by atoms with E-state index in [1.807, 2.05) is 34.6 Å². The number of sulfonamides is 1. The molecular formula is C30H52F2N6O6S. The van der Waals surface area contributed by atoms with Gasteiger partial charge in [0.1, 0.15) is 18.1 Å². The summed E-state index contributed by atoms with van der Waals surface area (Å²) in [5.41, 5.74) is -1.62. The van der Waals surface area contributed by atoms with Gasteiger partial charge in [0.15, 0.2) is 0 Å². The fourth-order valence-electron chi connectivity index (χ4n) is 6.12. The number of hydrogen-bond acceptors (Lipinski definition) is 6. The molecule has 5 N–H and O–H groups in total.